The van der Waals surface area contributed by atoms with Gasteiger partial charge in [-0.05, 0) is 59.5 Å². The minimum Gasteiger partial charge on any atom is -0.465 e. The first-order chi connectivity index (χ1) is 18.2. The van der Waals surface area contributed by atoms with Crippen molar-refractivity contribution in [3.8, 4) is 0 Å². The zero-order valence-corrected chi connectivity index (χ0v) is 21.8. The van der Waals surface area contributed by atoms with E-state index in [0.29, 0.717) is 11.6 Å². The Balaban J connectivity index is 1.41. The van der Waals surface area contributed by atoms with Gasteiger partial charge in [-0.1, -0.05) is 55.8 Å². The maximum Gasteiger partial charge on any atom is 0.337 e. The molecular formula is C29H26ClN3O5. The molecule has 0 spiro atoms. The normalized spacial score (nSPS) is 13.2. The maximum atomic E-state index is 13.1. The Hall–Kier alpha value is -4.43. The van der Waals surface area contributed by atoms with Crippen LogP contribution in [0.15, 0.2) is 83.5 Å². The number of anilines is 3. The van der Waals surface area contributed by atoms with Crippen molar-refractivity contribution in [2.75, 3.05) is 22.6 Å². The zero-order valence-electron chi connectivity index (χ0n) is 21.1. The van der Waals surface area contributed by atoms with Crippen molar-refractivity contribution in [3.05, 3.63) is 100 Å². The topological polar surface area (TPSA) is 105 Å². The van der Waals surface area contributed by atoms with Gasteiger partial charge in [0.05, 0.1) is 24.8 Å². The molecule has 3 aromatic rings. The average Bonchev–Trinajstić information content (AvgIpc) is 3.12. The molecule has 0 radical (unpaired) electrons. The predicted molar refractivity (Wildman–Crippen MR) is 146 cm³/mol. The number of halogens is 1. The van der Waals surface area contributed by atoms with Crippen molar-refractivity contribution in [2.45, 2.75) is 26.2 Å². The summed E-state index contributed by atoms with van der Waals surface area (Å²) in [6.07, 6.45) is 0.164. The largest absolute Gasteiger partial charge is 0.465 e. The monoisotopic (exact) mass is 531 g/mol. The van der Waals surface area contributed by atoms with E-state index in [1.54, 1.807) is 24.3 Å². The molecule has 0 aromatic heterocycles. The van der Waals surface area contributed by atoms with Crippen LogP contribution >= 0.6 is 11.6 Å². The van der Waals surface area contributed by atoms with Gasteiger partial charge < -0.3 is 15.4 Å². The molecule has 9 heteroatoms. The van der Waals surface area contributed by atoms with Crippen molar-refractivity contribution >= 4 is 52.4 Å². The number of esters is 1. The molecule has 0 saturated carbocycles. The number of carbonyl (C=O) groups excluding carboxylic acids is 4. The van der Waals surface area contributed by atoms with Gasteiger partial charge in [-0.3, -0.25) is 14.4 Å². The van der Waals surface area contributed by atoms with Crippen molar-refractivity contribution in [2.24, 2.45) is 0 Å². The first kappa shape index (κ1) is 26.6. The Kier molecular flexibility index (Phi) is 7.93. The first-order valence-electron chi connectivity index (χ1n) is 11.9. The lowest BCUT2D eigenvalue weighted by molar-refractivity contribution is -0.120. The lowest BCUT2D eigenvalue weighted by atomic mass is 10.0. The van der Waals surface area contributed by atoms with E-state index < -0.39 is 17.8 Å². The molecule has 1 heterocycles. The third kappa shape index (κ3) is 5.76. The fraction of sp³-hybridized carbons (Fsp3) is 0.172. The SMILES string of the molecule is COC(=O)c1cccc(N2C(=O)C(Cl)=C(Nc3ccc(CC(=O)Nc4ccc(C(C)C)cc4)cc3)C2=O)c1. The summed E-state index contributed by atoms with van der Waals surface area (Å²) < 4.78 is 4.70. The number of rotatable bonds is 8. The number of carbonyl (C=O) groups is 4. The van der Waals surface area contributed by atoms with E-state index in [9.17, 15) is 19.2 Å². The number of hydrogen-bond acceptors (Lipinski definition) is 6. The minimum absolute atomic E-state index is 0.0875. The van der Waals surface area contributed by atoms with Crippen LogP contribution in [0.3, 0.4) is 0 Å². The number of nitrogens with one attached hydrogen (secondary N) is 2. The van der Waals surface area contributed by atoms with Gasteiger partial charge in [-0.15, -0.1) is 0 Å². The number of nitrogens with zero attached hydrogens (tertiary/aromatic N) is 1. The lowest BCUT2D eigenvalue weighted by Crippen LogP contribution is -2.32. The van der Waals surface area contributed by atoms with Crippen LogP contribution < -0.4 is 15.5 Å². The highest BCUT2D eigenvalue weighted by Gasteiger charge is 2.39. The summed E-state index contributed by atoms with van der Waals surface area (Å²) in [7, 11) is 1.24. The van der Waals surface area contributed by atoms with Gasteiger partial charge in [0.15, 0.2) is 0 Å². The van der Waals surface area contributed by atoms with Crippen LogP contribution in [0.5, 0.6) is 0 Å². The standard InChI is InChI=1S/C29H26ClN3O5/c1-17(2)19-9-13-21(14-10-19)31-24(34)15-18-7-11-22(12-8-18)32-26-25(30)27(35)33(28(26)36)23-6-4-5-20(16-23)29(37)38-3/h4-14,16-17,32H,15H2,1-3H3,(H,31,34). The van der Waals surface area contributed by atoms with Crippen LogP contribution in [0, 0.1) is 0 Å². The highest BCUT2D eigenvalue weighted by atomic mass is 35.5. The molecule has 0 bridgehead atoms. The average molecular weight is 532 g/mol. The molecule has 0 fully saturated rings. The molecule has 3 amide bonds. The molecule has 1 aliphatic rings. The smallest absolute Gasteiger partial charge is 0.337 e. The Bertz CT molecular complexity index is 1430. The van der Waals surface area contributed by atoms with E-state index in [1.807, 2.05) is 24.3 Å². The number of ether oxygens (including phenoxy) is 1. The molecule has 0 aliphatic carbocycles. The summed E-state index contributed by atoms with van der Waals surface area (Å²) in [6.45, 7) is 4.22. The Morgan fingerprint density at radius 2 is 1.58 bits per heavy atom. The number of amides is 3. The van der Waals surface area contributed by atoms with E-state index in [0.717, 1.165) is 16.2 Å². The summed E-state index contributed by atoms with van der Waals surface area (Å²) in [6, 6.07) is 20.6. The van der Waals surface area contributed by atoms with Crippen molar-refractivity contribution < 1.29 is 23.9 Å². The molecule has 0 atom stereocenters. The number of methoxy groups -OCH3 is 1. The maximum absolute atomic E-state index is 13.1. The third-order valence-corrected chi connectivity index (χ3v) is 6.35. The van der Waals surface area contributed by atoms with Gasteiger partial charge in [0.1, 0.15) is 10.7 Å². The zero-order chi connectivity index (χ0) is 27.4. The molecule has 3 aromatic carbocycles. The third-order valence-electron chi connectivity index (χ3n) is 6.00. The molecule has 38 heavy (non-hydrogen) atoms. The van der Waals surface area contributed by atoms with E-state index in [-0.39, 0.29) is 34.3 Å². The predicted octanol–water partition coefficient (Wildman–Crippen LogP) is 5.21. The molecule has 0 saturated heterocycles. The summed E-state index contributed by atoms with van der Waals surface area (Å²) >= 11 is 6.21. The molecule has 194 valence electrons. The highest BCUT2D eigenvalue weighted by Crippen LogP contribution is 2.30. The van der Waals surface area contributed by atoms with Crippen LogP contribution in [0.1, 0.15) is 41.3 Å². The second-order valence-corrected chi connectivity index (χ2v) is 9.38. The number of hydrogen-bond donors (Lipinski definition) is 2. The van der Waals surface area contributed by atoms with Crippen LogP contribution in [0.4, 0.5) is 17.1 Å². The first-order valence-corrected chi connectivity index (χ1v) is 12.3. The van der Waals surface area contributed by atoms with E-state index in [1.165, 1.54) is 36.9 Å². The van der Waals surface area contributed by atoms with Crippen molar-refractivity contribution in [3.63, 3.8) is 0 Å². The molecule has 0 unspecified atom stereocenters. The van der Waals surface area contributed by atoms with Gasteiger partial charge in [-0.2, -0.15) is 0 Å². The molecule has 4 rings (SSSR count). The summed E-state index contributed by atoms with van der Waals surface area (Å²) in [5.74, 6) is -1.71. The minimum atomic E-state index is -0.712. The van der Waals surface area contributed by atoms with Crippen LogP contribution in [-0.2, 0) is 25.5 Å². The van der Waals surface area contributed by atoms with Gasteiger partial charge in [0, 0.05) is 11.4 Å². The van der Waals surface area contributed by atoms with Crippen molar-refractivity contribution in [1.29, 1.82) is 0 Å². The quantitative estimate of drug-likeness (QED) is 0.305. The molecular weight excluding hydrogens is 506 g/mol. The summed E-state index contributed by atoms with van der Waals surface area (Å²) in [5.41, 5.74) is 3.50. The van der Waals surface area contributed by atoms with E-state index in [4.69, 9.17) is 16.3 Å². The van der Waals surface area contributed by atoms with Crippen LogP contribution in [0.25, 0.3) is 0 Å². The summed E-state index contributed by atoms with van der Waals surface area (Å²) in [4.78, 5) is 51.0. The molecule has 1 aliphatic heterocycles. The molecule has 2 N–H and O–H groups in total. The fourth-order valence-electron chi connectivity index (χ4n) is 3.93. The van der Waals surface area contributed by atoms with Crippen LogP contribution in [-0.4, -0.2) is 30.8 Å². The second-order valence-electron chi connectivity index (χ2n) is 9.00. The lowest BCUT2D eigenvalue weighted by Gasteiger charge is -2.16. The Morgan fingerprint density at radius 3 is 2.21 bits per heavy atom. The fourth-order valence-corrected chi connectivity index (χ4v) is 4.14. The Morgan fingerprint density at radius 1 is 0.921 bits per heavy atom. The van der Waals surface area contributed by atoms with E-state index in [2.05, 4.69) is 24.5 Å². The van der Waals surface area contributed by atoms with Crippen molar-refractivity contribution in [1.82, 2.24) is 0 Å². The molecule has 8 nitrogen and oxygen atoms in total. The number of benzene rings is 3. The van der Waals surface area contributed by atoms with Gasteiger partial charge in [0.25, 0.3) is 11.8 Å². The van der Waals surface area contributed by atoms with Crippen LogP contribution in [0.2, 0.25) is 0 Å². The van der Waals surface area contributed by atoms with Gasteiger partial charge in [0.2, 0.25) is 5.91 Å². The summed E-state index contributed by atoms with van der Waals surface area (Å²) in [5, 5.41) is 5.51. The second kappa shape index (κ2) is 11.3. The Labute approximate surface area is 225 Å². The van der Waals surface area contributed by atoms with E-state index >= 15 is 0 Å². The van der Waals surface area contributed by atoms with Gasteiger partial charge in [-0.25, -0.2) is 9.69 Å². The highest BCUT2D eigenvalue weighted by molar-refractivity contribution is 6.53. The number of imide groups is 1. The van der Waals surface area contributed by atoms with Gasteiger partial charge >= 0.3 is 5.97 Å².